The maximum Gasteiger partial charge on any atom is 0.0701 e. The molecule has 0 bridgehead atoms. The normalized spacial score (nSPS) is 13.7. The van der Waals surface area contributed by atoms with Gasteiger partial charge in [-0.15, -0.1) is 20.6 Å². The van der Waals surface area contributed by atoms with Crippen molar-refractivity contribution >= 4 is 20.6 Å². The molecule has 0 spiro atoms. The highest BCUT2D eigenvalue weighted by Gasteiger charge is 2.21. The molecule has 180 valence electrons. The van der Waals surface area contributed by atoms with E-state index in [0.29, 0.717) is 65.9 Å². The van der Waals surface area contributed by atoms with Gasteiger partial charge in [0.1, 0.15) is 0 Å². The number of hydrogen-bond donors (Lipinski definition) is 4. The summed E-state index contributed by atoms with van der Waals surface area (Å²) in [6.45, 7) is 7.58. The Balaban J connectivity index is 3.69. The number of nitrogens with one attached hydrogen (secondary N) is 2. The van der Waals surface area contributed by atoms with Gasteiger partial charge in [-0.1, -0.05) is 0 Å². The zero-order valence-corrected chi connectivity index (χ0v) is 20.5. The summed E-state index contributed by atoms with van der Waals surface area (Å²) in [6.07, 6.45) is 8.78. The average molecular weight is 463 g/mol. The van der Waals surface area contributed by atoms with Crippen molar-refractivity contribution in [1.29, 1.82) is 0 Å². The lowest BCUT2D eigenvalue weighted by atomic mass is 10.6. The smallest absolute Gasteiger partial charge is 0.0701 e. The summed E-state index contributed by atoms with van der Waals surface area (Å²) in [5.74, 6) is 1.70. The molecule has 0 aromatic carbocycles. The van der Waals surface area contributed by atoms with Gasteiger partial charge in [-0.25, -0.2) is 0 Å². The molecule has 0 aliphatic rings. The van der Waals surface area contributed by atoms with E-state index in [-0.39, 0.29) is 0 Å². The first kappa shape index (κ1) is 29.3. The zero-order chi connectivity index (χ0) is 21.8. The second-order valence-corrected chi connectivity index (χ2v) is 14.1. The molecule has 0 aromatic heterocycles. The summed E-state index contributed by atoms with van der Waals surface area (Å²) >= 11 is 0. The highest BCUT2D eigenvalue weighted by Crippen LogP contribution is 2.56. The van der Waals surface area contributed by atoms with E-state index in [1.807, 2.05) is 0 Å². The molecule has 0 radical (unpaired) electrons. The first-order valence-electron chi connectivity index (χ1n) is 10.1. The summed E-state index contributed by atoms with van der Waals surface area (Å²) in [5, 5.41) is 6.87. The van der Waals surface area contributed by atoms with Gasteiger partial charge in [-0.05, 0) is 25.0 Å². The van der Waals surface area contributed by atoms with Crippen LogP contribution in [0.25, 0.3) is 0 Å². The molecule has 6 N–H and O–H groups in total. The minimum atomic E-state index is -1.17. The van der Waals surface area contributed by atoms with Gasteiger partial charge in [-0.3, -0.25) is 3.63 Å². The molecule has 0 aromatic rings. The van der Waals surface area contributed by atoms with Gasteiger partial charge in [0.15, 0.2) is 0 Å². The lowest BCUT2D eigenvalue weighted by molar-refractivity contribution is 0.0521. The van der Waals surface area contributed by atoms with Crippen molar-refractivity contribution in [2.45, 2.75) is 0 Å². The van der Waals surface area contributed by atoms with Gasteiger partial charge in [0.05, 0.1) is 52.9 Å². The molecule has 0 amide bonds. The second-order valence-electron chi connectivity index (χ2n) is 7.26. The summed E-state index contributed by atoms with van der Waals surface area (Å²) in [4.78, 5) is 0. The summed E-state index contributed by atoms with van der Waals surface area (Å²) in [6, 6.07) is 0. The van der Waals surface area contributed by atoms with Crippen LogP contribution in [0.4, 0.5) is 0 Å². The highest BCUT2D eigenvalue weighted by atomic mass is 32.3. The van der Waals surface area contributed by atoms with E-state index in [1.165, 1.54) is 0 Å². The standard InChI is InChI=1S/C18H46N4O5S2/c1-28(2,17-21-7-11-25-15-13-23-9-5-19)27-29(3,4)18-22-8-12-26-16-14-24-10-6-20/h21-22H,5-20H2,1-4H3. The fourth-order valence-electron chi connectivity index (χ4n) is 2.28. The number of nitrogens with two attached hydrogens (primary N) is 2. The summed E-state index contributed by atoms with van der Waals surface area (Å²) < 4.78 is 28.0. The van der Waals surface area contributed by atoms with E-state index in [9.17, 15) is 0 Å². The third-order valence-corrected chi connectivity index (χ3v) is 8.13. The monoisotopic (exact) mass is 462 g/mol. The molecule has 0 rings (SSSR count). The van der Waals surface area contributed by atoms with Gasteiger partial charge >= 0.3 is 0 Å². The van der Waals surface area contributed by atoms with Gasteiger partial charge in [0.2, 0.25) is 0 Å². The van der Waals surface area contributed by atoms with Crippen LogP contribution >= 0.6 is 20.6 Å². The third kappa shape index (κ3) is 21.4. The minimum Gasteiger partial charge on any atom is -0.378 e. The molecule has 0 aliphatic carbocycles. The lowest BCUT2D eigenvalue weighted by Gasteiger charge is -2.42. The quantitative estimate of drug-likeness (QED) is 0.165. The van der Waals surface area contributed by atoms with E-state index >= 15 is 0 Å². The molecule has 0 saturated heterocycles. The second kappa shape index (κ2) is 19.1. The Labute approximate surface area is 181 Å². The van der Waals surface area contributed by atoms with E-state index < -0.39 is 20.6 Å². The largest absolute Gasteiger partial charge is 0.378 e. The van der Waals surface area contributed by atoms with Crippen LogP contribution in [-0.2, 0) is 22.6 Å². The Morgan fingerprint density at radius 1 is 0.552 bits per heavy atom. The Bertz CT molecular complexity index is 337. The first-order chi connectivity index (χ1) is 13.8. The molecular weight excluding hydrogens is 416 g/mol. The van der Waals surface area contributed by atoms with Crippen LogP contribution in [0.1, 0.15) is 0 Å². The Morgan fingerprint density at radius 2 is 0.897 bits per heavy atom. The molecule has 0 atom stereocenters. The van der Waals surface area contributed by atoms with Gasteiger partial charge in [0.25, 0.3) is 0 Å². The molecule has 0 unspecified atom stereocenters. The molecular formula is C18H46N4O5S2. The van der Waals surface area contributed by atoms with Crippen molar-refractivity contribution in [3.8, 4) is 0 Å². The molecule has 29 heavy (non-hydrogen) atoms. The van der Waals surface area contributed by atoms with E-state index in [1.54, 1.807) is 0 Å². The first-order valence-corrected chi connectivity index (χ1v) is 15.2. The van der Waals surface area contributed by atoms with Crippen molar-refractivity contribution in [1.82, 2.24) is 10.6 Å². The number of hydrogen-bond acceptors (Lipinski definition) is 9. The van der Waals surface area contributed by atoms with Crippen LogP contribution in [0.15, 0.2) is 0 Å². The van der Waals surface area contributed by atoms with Gasteiger partial charge in [-0.2, -0.15) is 0 Å². The fraction of sp³-hybridized carbons (Fsp3) is 1.00. The number of rotatable bonds is 22. The molecule has 0 aliphatic heterocycles. The third-order valence-electron chi connectivity index (χ3n) is 3.38. The van der Waals surface area contributed by atoms with Crippen molar-refractivity contribution in [3.05, 3.63) is 0 Å². The maximum absolute atomic E-state index is 6.47. The summed E-state index contributed by atoms with van der Waals surface area (Å²) in [7, 11) is -2.34. The SMILES string of the molecule is CS(C)(CNCCOCCOCCN)OS(C)(C)CNCCOCCOCCN. The van der Waals surface area contributed by atoms with Crippen molar-refractivity contribution in [2.75, 3.05) is 116 Å². The van der Waals surface area contributed by atoms with Crippen LogP contribution in [-0.4, -0.2) is 116 Å². The molecule has 11 heteroatoms. The Hall–Kier alpha value is 0.340. The van der Waals surface area contributed by atoms with E-state index in [4.69, 9.17) is 34.0 Å². The van der Waals surface area contributed by atoms with Crippen LogP contribution in [0.2, 0.25) is 0 Å². The van der Waals surface area contributed by atoms with Crippen LogP contribution in [0.3, 0.4) is 0 Å². The van der Waals surface area contributed by atoms with Gasteiger partial charge < -0.3 is 41.0 Å². The molecule has 0 saturated carbocycles. The van der Waals surface area contributed by atoms with E-state index in [2.05, 4.69) is 35.7 Å². The highest BCUT2D eigenvalue weighted by molar-refractivity contribution is 8.40. The molecule has 0 heterocycles. The van der Waals surface area contributed by atoms with Crippen LogP contribution in [0.5, 0.6) is 0 Å². The van der Waals surface area contributed by atoms with E-state index in [0.717, 1.165) is 24.8 Å². The average Bonchev–Trinajstić information content (AvgIpc) is 2.64. The van der Waals surface area contributed by atoms with Crippen molar-refractivity contribution < 1.29 is 22.6 Å². The van der Waals surface area contributed by atoms with Crippen molar-refractivity contribution in [3.63, 3.8) is 0 Å². The zero-order valence-electron chi connectivity index (χ0n) is 18.9. The predicted octanol–water partition coefficient (Wildman–Crippen LogP) is 0.0394. The van der Waals surface area contributed by atoms with Crippen molar-refractivity contribution in [2.24, 2.45) is 11.5 Å². The predicted molar refractivity (Wildman–Crippen MR) is 127 cm³/mol. The van der Waals surface area contributed by atoms with Gasteiger partial charge in [0, 0.05) is 37.9 Å². The molecule has 0 fully saturated rings. The number of ether oxygens (including phenoxy) is 4. The lowest BCUT2D eigenvalue weighted by Crippen LogP contribution is -2.29. The Morgan fingerprint density at radius 3 is 1.24 bits per heavy atom. The van der Waals surface area contributed by atoms with Crippen LogP contribution < -0.4 is 22.1 Å². The minimum absolute atomic E-state index is 0.548. The maximum atomic E-state index is 6.47. The Kier molecular flexibility index (Phi) is 19.3. The summed E-state index contributed by atoms with van der Waals surface area (Å²) in [5.41, 5.74) is 10.7. The molecule has 9 nitrogen and oxygen atoms in total. The topological polar surface area (TPSA) is 122 Å². The van der Waals surface area contributed by atoms with Crippen LogP contribution in [0, 0.1) is 0 Å². The fourth-order valence-corrected chi connectivity index (χ4v) is 7.93.